The van der Waals surface area contributed by atoms with E-state index in [9.17, 15) is 9.90 Å². The first kappa shape index (κ1) is 13.3. The highest BCUT2D eigenvalue weighted by Gasteiger charge is 2.14. The Balaban J connectivity index is 2.43. The van der Waals surface area contributed by atoms with Crippen LogP contribution >= 0.6 is 38.9 Å². The molecule has 0 unspecified atom stereocenters. The summed E-state index contributed by atoms with van der Waals surface area (Å²) in [6.45, 7) is 0. The van der Waals surface area contributed by atoms with Crippen molar-refractivity contribution in [1.82, 2.24) is 4.98 Å². The van der Waals surface area contributed by atoms with Gasteiger partial charge in [0.2, 0.25) is 0 Å². The number of aromatic hydroxyl groups is 1. The lowest BCUT2D eigenvalue weighted by atomic mass is 10.2. The van der Waals surface area contributed by atoms with Gasteiger partial charge in [0.05, 0.1) is 22.2 Å². The van der Waals surface area contributed by atoms with Crippen LogP contribution in [0.1, 0.15) is 5.69 Å². The lowest BCUT2D eigenvalue weighted by Gasteiger charge is -2.04. The van der Waals surface area contributed by atoms with Gasteiger partial charge in [0.25, 0.3) is 0 Å². The van der Waals surface area contributed by atoms with Gasteiger partial charge in [-0.2, -0.15) is 0 Å². The SMILES string of the molecule is O=C(O)Cc1csc(-c2cc(Cl)cc(Br)c2O)n1. The van der Waals surface area contributed by atoms with Gasteiger partial charge < -0.3 is 10.2 Å². The van der Waals surface area contributed by atoms with Crippen molar-refractivity contribution in [2.24, 2.45) is 0 Å². The number of carboxylic acid groups (broad SMARTS) is 1. The van der Waals surface area contributed by atoms with Gasteiger partial charge in [0, 0.05) is 10.4 Å². The molecule has 2 rings (SSSR count). The Labute approximate surface area is 120 Å². The molecule has 1 aromatic carbocycles. The molecular formula is C11H7BrClNO3S. The topological polar surface area (TPSA) is 70.4 Å². The van der Waals surface area contributed by atoms with Gasteiger partial charge in [0.15, 0.2) is 0 Å². The Kier molecular flexibility index (Phi) is 3.89. The molecule has 0 bridgehead atoms. The van der Waals surface area contributed by atoms with Crippen LogP contribution in [0.3, 0.4) is 0 Å². The maximum Gasteiger partial charge on any atom is 0.309 e. The minimum Gasteiger partial charge on any atom is -0.506 e. The lowest BCUT2D eigenvalue weighted by Crippen LogP contribution is -1.99. The number of aliphatic carboxylic acids is 1. The Hall–Kier alpha value is -1.11. The number of aromatic nitrogens is 1. The van der Waals surface area contributed by atoms with E-state index in [0.29, 0.717) is 25.8 Å². The van der Waals surface area contributed by atoms with Crippen molar-refractivity contribution in [3.63, 3.8) is 0 Å². The van der Waals surface area contributed by atoms with Gasteiger partial charge in [-0.3, -0.25) is 4.79 Å². The fourth-order valence-corrected chi connectivity index (χ4v) is 3.04. The summed E-state index contributed by atoms with van der Waals surface area (Å²) in [6.07, 6.45) is -0.140. The number of carbonyl (C=O) groups is 1. The molecule has 0 saturated heterocycles. The van der Waals surface area contributed by atoms with E-state index in [2.05, 4.69) is 20.9 Å². The van der Waals surface area contributed by atoms with Gasteiger partial charge in [0.1, 0.15) is 10.8 Å². The molecule has 0 saturated carbocycles. The summed E-state index contributed by atoms with van der Waals surface area (Å²) in [5.41, 5.74) is 0.939. The number of phenolic OH excluding ortho intramolecular Hbond substituents is 1. The van der Waals surface area contributed by atoms with Crippen LogP contribution in [0, 0.1) is 0 Å². The summed E-state index contributed by atoms with van der Waals surface area (Å²) < 4.78 is 0.472. The third-order valence-electron chi connectivity index (χ3n) is 2.14. The summed E-state index contributed by atoms with van der Waals surface area (Å²) in [5.74, 6) is -0.904. The number of nitrogens with zero attached hydrogens (tertiary/aromatic N) is 1. The Bertz CT molecular complexity index is 614. The van der Waals surface area contributed by atoms with E-state index in [4.69, 9.17) is 16.7 Å². The average molecular weight is 349 g/mol. The molecule has 2 aromatic rings. The molecule has 1 heterocycles. The fraction of sp³-hybridized carbons (Fsp3) is 0.0909. The Morgan fingerprint density at radius 1 is 1.50 bits per heavy atom. The molecule has 0 amide bonds. The number of hydrogen-bond donors (Lipinski definition) is 2. The molecule has 18 heavy (non-hydrogen) atoms. The fourth-order valence-electron chi connectivity index (χ4n) is 1.40. The molecule has 94 valence electrons. The molecular weight excluding hydrogens is 342 g/mol. The van der Waals surface area contributed by atoms with Crippen LogP contribution in [0.25, 0.3) is 10.6 Å². The zero-order valence-corrected chi connectivity index (χ0v) is 12.0. The summed E-state index contributed by atoms with van der Waals surface area (Å²) in [6, 6.07) is 3.16. The van der Waals surface area contributed by atoms with Crippen LogP contribution in [0.2, 0.25) is 5.02 Å². The molecule has 0 aliphatic carbocycles. The molecule has 0 fully saturated rings. The molecule has 0 aliphatic rings. The summed E-state index contributed by atoms with van der Waals surface area (Å²) in [5, 5.41) is 21.2. The van der Waals surface area contributed by atoms with Gasteiger partial charge >= 0.3 is 5.97 Å². The molecule has 4 nitrogen and oxygen atoms in total. The number of rotatable bonds is 3. The van der Waals surface area contributed by atoms with Crippen LogP contribution in [0.5, 0.6) is 5.75 Å². The Morgan fingerprint density at radius 3 is 2.89 bits per heavy atom. The number of benzene rings is 1. The number of carboxylic acids is 1. The lowest BCUT2D eigenvalue weighted by molar-refractivity contribution is -0.136. The number of thiazole rings is 1. The van der Waals surface area contributed by atoms with Crippen LogP contribution < -0.4 is 0 Å². The van der Waals surface area contributed by atoms with E-state index in [1.807, 2.05) is 0 Å². The second-order valence-corrected chi connectivity index (χ2v) is 5.65. The van der Waals surface area contributed by atoms with Crippen molar-refractivity contribution >= 4 is 44.8 Å². The van der Waals surface area contributed by atoms with E-state index in [1.54, 1.807) is 17.5 Å². The van der Waals surface area contributed by atoms with Crippen LogP contribution in [0.4, 0.5) is 0 Å². The maximum atomic E-state index is 10.6. The van der Waals surface area contributed by atoms with E-state index < -0.39 is 5.97 Å². The second kappa shape index (κ2) is 5.26. The van der Waals surface area contributed by atoms with Crippen molar-refractivity contribution in [1.29, 1.82) is 0 Å². The molecule has 0 aliphatic heterocycles. The number of hydrogen-bond acceptors (Lipinski definition) is 4. The molecule has 0 spiro atoms. The zero-order chi connectivity index (χ0) is 13.3. The predicted molar refractivity (Wildman–Crippen MR) is 73.3 cm³/mol. The van der Waals surface area contributed by atoms with Gasteiger partial charge in [-0.15, -0.1) is 11.3 Å². The second-order valence-electron chi connectivity index (χ2n) is 3.50. The summed E-state index contributed by atoms with van der Waals surface area (Å²) in [4.78, 5) is 14.7. The molecule has 0 radical (unpaired) electrons. The standard InChI is InChI=1S/C11H7BrClNO3S/c12-8-2-5(13)1-7(10(8)17)11-14-6(4-18-11)3-9(15)16/h1-2,4,17H,3H2,(H,15,16). The molecule has 1 aromatic heterocycles. The average Bonchev–Trinajstić information content (AvgIpc) is 2.70. The van der Waals surface area contributed by atoms with E-state index in [0.717, 1.165) is 0 Å². The summed E-state index contributed by atoms with van der Waals surface area (Å²) >= 11 is 10.4. The minimum atomic E-state index is -0.941. The van der Waals surface area contributed by atoms with Crippen molar-refractivity contribution in [2.45, 2.75) is 6.42 Å². The van der Waals surface area contributed by atoms with Crippen LogP contribution in [0.15, 0.2) is 22.0 Å². The smallest absolute Gasteiger partial charge is 0.309 e. The van der Waals surface area contributed by atoms with Crippen molar-refractivity contribution in [3.05, 3.63) is 32.7 Å². The van der Waals surface area contributed by atoms with Crippen molar-refractivity contribution in [3.8, 4) is 16.3 Å². The predicted octanol–water partition coefficient (Wildman–Crippen LogP) is 3.56. The van der Waals surface area contributed by atoms with Gasteiger partial charge in [-0.25, -0.2) is 4.98 Å². The van der Waals surface area contributed by atoms with Gasteiger partial charge in [-0.05, 0) is 28.1 Å². The highest BCUT2D eigenvalue weighted by molar-refractivity contribution is 9.10. The van der Waals surface area contributed by atoms with Crippen molar-refractivity contribution in [2.75, 3.05) is 0 Å². The van der Waals surface area contributed by atoms with Crippen molar-refractivity contribution < 1.29 is 15.0 Å². The van der Waals surface area contributed by atoms with Crippen LogP contribution in [-0.2, 0) is 11.2 Å². The first-order valence-electron chi connectivity index (χ1n) is 4.82. The van der Waals surface area contributed by atoms with Crippen LogP contribution in [-0.4, -0.2) is 21.2 Å². The first-order valence-corrected chi connectivity index (χ1v) is 6.87. The number of phenols is 1. The molecule has 7 heteroatoms. The zero-order valence-electron chi connectivity index (χ0n) is 8.85. The highest BCUT2D eigenvalue weighted by atomic mass is 79.9. The van der Waals surface area contributed by atoms with Gasteiger partial charge in [-0.1, -0.05) is 11.6 Å². The summed E-state index contributed by atoms with van der Waals surface area (Å²) in [7, 11) is 0. The Morgan fingerprint density at radius 2 is 2.22 bits per heavy atom. The molecule has 0 atom stereocenters. The van der Waals surface area contributed by atoms with E-state index >= 15 is 0 Å². The molecule has 2 N–H and O–H groups in total. The third kappa shape index (κ3) is 2.82. The van der Waals surface area contributed by atoms with E-state index in [1.165, 1.54) is 11.3 Å². The normalized spacial score (nSPS) is 10.6. The first-order chi connectivity index (χ1) is 8.47. The maximum absolute atomic E-state index is 10.6. The monoisotopic (exact) mass is 347 g/mol. The van der Waals surface area contributed by atoms with E-state index in [-0.39, 0.29) is 12.2 Å². The quantitative estimate of drug-likeness (QED) is 0.890. The third-order valence-corrected chi connectivity index (χ3v) is 3.89. The highest BCUT2D eigenvalue weighted by Crippen LogP contribution is 2.39. The number of halogens is 2. The largest absolute Gasteiger partial charge is 0.506 e. The minimum absolute atomic E-state index is 0.0376.